The highest BCUT2D eigenvalue weighted by molar-refractivity contribution is 7.99. The minimum atomic E-state index is -0.450. The van der Waals surface area contributed by atoms with Gasteiger partial charge in [-0.05, 0) is 25.0 Å². The second-order valence-electron chi connectivity index (χ2n) is 5.41. The fourth-order valence-corrected chi connectivity index (χ4v) is 3.02. The molecule has 0 aliphatic heterocycles. The molecule has 0 atom stereocenters. The van der Waals surface area contributed by atoms with E-state index in [4.69, 9.17) is 4.42 Å². The van der Waals surface area contributed by atoms with Crippen LogP contribution in [0.4, 0.5) is 4.79 Å². The third-order valence-corrected chi connectivity index (χ3v) is 4.40. The van der Waals surface area contributed by atoms with Crippen molar-refractivity contribution in [3.63, 3.8) is 0 Å². The molecule has 1 saturated carbocycles. The quantitative estimate of drug-likeness (QED) is 0.796. The zero-order valence-electron chi connectivity index (χ0n) is 12.9. The zero-order valence-corrected chi connectivity index (χ0v) is 13.7. The van der Waals surface area contributed by atoms with Gasteiger partial charge in [-0.25, -0.2) is 4.79 Å². The van der Waals surface area contributed by atoms with E-state index in [2.05, 4.69) is 25.8 Å². The van der Waals surface area contributed by atoms with Gasteiger partial charge < -0.3 is 9.73 Å². The van der Waals surface area contributed by atoms with Gasteiger partial charge in [0.2, 0.25) is 11.8 Å². The maximum Gasteiger partial charge on any atom is 0.321 e. The number of hydrogen-bond acceptors (Lipinski definition) is 7. The van der Waals surface area contributed by atoms with Gasteiger partial charge in [-0.1, -0.05) is 24.6 Å². The first-order chi connectivity index (χ1) is 11.7. The zero-order chi connectivity index (χ0) is 16.8. The van der Waals surface area contributed by atoms with Crippen molar-refractivity contribution in [2.45, 2.75) is 36.9 Å². The molecular weight excluding hydrogens is 330 g/mol. The van der Waals surface area contributed by atoms with Crippen LogP contribution >= 0.6 is 11.8 Å². The number of imide groups is 1. The number of thioether (sulfide) groups is 1. The number of pyridine rings is 1. The molecule has 0 unspecified atom stereocenters. The molecule has 9 heteroatoms. The maximum atomic E-state index is 11.8. The Morgan fingerprint density at radius 3 is 2.88 bits per heavy atom. The molecule has 8 nitrogen and oxygen atoms in total. The largest absolute Gasteiger partial charge is 0.411 e. The summed E-state index contributed by atoms with van der Waals surface area (Å²) in [6.07, 6.45) is 7.43. The van der Waals surface area contributed by atoms with Gasteiger partial charge >= 0.3 is 6.03 Å². The lowest BCUT2D eigenvalue weighted by atomic mass is 10.2. The molecule has 1 aliphatic rings. The van der Waals surface area contributed by atoms with E-state index in [1.165, 1.54) is 0 Å². The molecule has 1 fully saturated rings. The van der Waals surface area contributed by atoms with E-state index in [1.54, 1.807) is 24.5 Å². The summed E-state index contributed by atoms with van der Waals surface area (Å²) in [5, 5.41) is 13.1. The van der Waals surface area contributed by atoms with E-state index in [0.29, 0.717) is 11.5 Å². The summed E-state index contributed by atoms with van der Waals surface area (Å²) in [5.41, 5.74) is 0.706. The van der Waals surface area contributed by atoms with Gasteiger partial charge in [-0.15, -0.1) is 10.2 Å². The van der Waals surface area contributed by atoms with Crippen LogP contribution in [0.5, 0.6) is 0 Å². The van der Waals surface area contributed by atoms with Crippen molar-refractivity contribution in [1.82, 2.24) is 25.8 Å². The Morgan fingerprint density at radius 1 is 1.29 bits per heavy atom. The van der Waals surface area contributed by atoms with Crippen LogP contribution in [0.25, 0.3) is 11.5 Å². The Morgan fingerprint density at radius 2 is 2.12 bits per heavy atom. The number of rotatable bonds is 5. The first kappa shape index (κ1) is 16.4. The van der Waals surface area contributed by atoms with Crippen molar-refractivity contribution in [2.75, 3.05) is 5.75 Å². The summed E-state index contributed by atoms with van der Waals surface area (Å²) in [5.74, 6) is -0.0474. The van der Waals surface area contributed by atoms with Crippen LogP contribution in [0, 0.1) is 0 Å². The summed E-state index contributed by atoms with van der Waals surface area (Å²) in [6.45, 7) is 0. The van der Waals surface area contributed by atoms with Crippen molar-refractivity contribution in [1.29, 1.82) is 0 Å². The van der Waals surface area contributed by atoms with Crippen molar-refractivity contribution in [3.05, 3.63) is 24.5 Å². The predicted molar refractivity (Wildman–Crippen MR) is 87.2 cm³/mol. The smallest absolute Gasteiger partial charge is 0.321 e. The molecule has 2 aromatic heterocycles. The standard InChI is InChI=1S/C15H17N5O3S/c21-12(18-14(22)17-11-5-1-2-6-11)9-24-15-20-19-13(23-15)10-4-3-7-16-8-10/h3-4,7-8,11H,1-2,5-6,9H2,(H2,17,18,21,22). The van der Waals surface area contributed by atoms with Gasteiger partial charge in [0.25, 0.3) is 5.22 Å². The topological polar surface area (TPSA) is 110 Å². The van der Waals surface area contributed by atoms with E-state index < -0.39 is 11.9 Å². The molecule has 0 radical (unpaired) electrons. The van der Waals surface area contributed by atoms with Gasteiger partial charge in [0.1, 0.15) is 0 Å². The normalized spacial score (nSPS) is 14.5. The number of nitrogens with zero attached hydrogens (tertiary/aromatic N) is 3. The van der Waals surface area contributed by atoms with E-state index in [-0.39, 0.29) is 17.0 Å². The van der Waals surface area contributed by atoms with Crippen LogP contribution in [-0.2, 0) is 4.79 Å². The summed E-state index contributed by atoms with van der Waals surface area (Å²) in [7, 11) is 0. The van der Waals surface area contributed by atoms with Crippen LogP contribution in [0.15, 0.2) is 34.2 Å². The van der Waals surface area contributed by atoms with Gasteiger partial charge in [-0.3, -0.25) is 15.1 Å². The summed E-state index contributed by atoms with van der Waals surface area (Å²) in [6, 6.07) is 3.29. The van der Waals surface area contributed by atoms with Gasteiger partial charge in [0.15, 0.2) is 0 Å². The number of carbonyl (C=O) groups is 2. The monoisotopic (exact) mass is 347 g/mol. The average molecular weight is 347 g/mol. The van der Waals surface area contributed by atoms with Crippen LogP contribution in [0.2, 0.25) is 0 Å². The highest BCUT2D eigenvalue weighted by atomic mass is 32.2. The molecule has 0 saturated heterocycles. The third-order valence-electron chi connectivity index (χ3n) is 3.59. The SMILES string of the molecule is O=C(CSc1nnc(-c2cccnc2)o1)NC(=O)NC1CCCC1. The predicted octanol–water partition coefficient (Wildman–Crippen LogP) is 1.99. The average Bonchev–Trinajstić information content (AvgIpc) is 3.25. The molecule has 0 bridgehead atoms. The fourth-order valence-electron chi connectivity index (χ4n) is 2.46. The Balaban J connectivity index is 1.44. The van der Waals surface area contributed by atoms with Gasteiger partial charge in [0, 0.05) is 18.4 Å². The van der Waals surface area contributed by atoms with Crippen LogP contribution < -0.4 is 10.6 Å². The van der Waals surface area contributed by atoms with E-state index >= 15 is 0 Å². The number of aromatic nitrogens is 3. The van der Waals surface area contributed by atoms with E-state index in [0.717, 1.165) is 37.4 Å². The van der Waals surface area contributed by atoms with Crippen molar-refractivity contribution >= 4 is 23.7 Å². The molecule has 2 heterocycles. The first-order valence-corrected chi connectivity index (χ1v) is 8.66. The second kappa shape index (κ2) is 7.91. The molecule has 2 N–H and O–H groups in total. The van der Waals surface area contributed by atoms with Crippen LogP contribution in [0.1, 0.15) is 25.7 Å². The van der Waals surface area contributed by atoms with Crippen molar-refractivity contribution < 1.29 is 14.0 Å². The Bertz CT molecular complexity index is 700. The van der Waals surface area contributed by atoms with Crippen LogP contribution in [0.3, 0.4) is 0 Å². The minimum absolute atomic E-state index is 0.0206. The lowest BCUT2D eigenvalue weighted by molar-refractivity contribution is -0.117. The Labute approximate surface area is 142 Å². The van der Waals surface area contributed by atoms with Gasteiger partial charge in [-0.2, -0.15) is 0 Å². The molecule has 3 rings (SSSR count). The molecule has 3 amide bonds. The molecular formula is C15H17N5O3S. The summed E-state index contributed by atoms with van der Waals surface area (Å²) in [4.78, 5) is 27.5. The minimum Gasteiger partial charge on any atom is -0.411 e. The van der Waals surface area contributed by atoms with Gasteiger partial charge in [0.05, 0.1) is 11.3 Å². The number of nitrogens with one attached hydrogen (secondary N) is 2. The molecule has 0 aromatic carbocycles. The molecule has 1 aliphatic carbocycles. The molecule has 0 spiro atoms. The van der Waals surface area contributed by atoms with Crippen LogP contribution in [-0.4, -0.2) is 38.9 Å². The number of amides is 3. The third kappa shape index (κ3) is 4.54. The Hall–Kier alpha value is -2.42. The Kier molecular flexibility index (Phi) is 5.42. The second-order valence-corrected chi connectivity index (χ2v) is 6.33. The highest BCUT2D eigenvalue weighted by Gasteiger charge is 2.18. The fraction of sp³-hybridized carbons (Fsp3) is 0.400. The van der Waals surface area contributed by atoms with E-state index in [1.807, 2.05) is 0 Å². The lowest BCUT2D eigenvalue weighted by Crippen LogP contribution is -2.44. The summed E-state index contributed by atoms with van der Waals surface area (Å²) >= 11 is 1.08. The molecule has 24 heavy (non-hydrogen) atoms. The van der Waals surface area contributed by atoms with E-state index in [9.17, 15) is 9.59 Å². The van der Waals surface area contributed by atoms with Crippen molar-refractivity contribution in [2.24, 2.45) is 0 Å². The molecule has 126 valence electrons. The number of urea groups is 1. The maximum absolute atomic E-state index is 11.8. The number of carbonyl (C=O) groups excluding carboxylic acids is 2. The molecule has 2 aromatic rings. The first-order valence-electron chi connectivity index (χ1n) is 7.68. The highest BCUT2D eigenvalue weighted by Crippen LogP contribution is 2.22. The summed E-state index contributed by atoms with van der Waals surface area (Å²) < 4.78 is 5.45. The van der Waals surface area contributed by atoms with Crippen molar-refractivity contribution in [3.8, 4) is 11.5 Å². The lowest BCUT2D eigenvalue weighted by Gasteiger charge is -2.11. The number of hydrogen-bond donors (Lipinski definition) is 2.